The number of anilines is 1. The zero-order valence-corrected chi connectivity index (χ0v) is 11.0. The number of aryl methyl sites for hydroxylation is 1. The van der Waals surface area contributed by atoms with Gasteiger partial charge in [-0.2, -0.15) is 10.4 Å². The molecule has 0 atom stereocenters. The summed E-state index contributed by atoms with van der Waals surface area (Å²) in [4.78, 5) is 11.9. The summed E-state index contributed by atoms with van der Waals surface area (Å²) in [6.07, 6.45) is 1.69. The predicted octanol–water partition coefficient (Wildman–Crippen LogP) is 2.13. The van der Waals surface area contributed by atoms with Gasteiger partial charge < -0.3 is 5.32 Å². The second kappa shape index (κ2) is 5.55. The van der Waals surface area contributed by atoms with Gasteiger partial charge in [-0.25, -0.2) is 0 Å². The maximum absolute atomic E-state index is 11.9. The van der Waals surface area contributed by atoms with Crippen LogP contribution in [-0.2, 0) is 18.3 Å². The van der Waals surface area contributed by atoms with E-state index in [1.54, 1.807) is 31.4 Å². The van der Waals surface area contributed by atoms with Gasteiger partial charge in [0.25, 0.3) is 0 Å². The molecule has 1 N–H and O–H groups in total. The van der Waals surface area contributed by atoms with Crippen molar-refractivity contribution < 1.29 is 4.79 Å². The second-order valence-electron chi connectivity index (χ2n) is 3.99. The molecule has 0 saturated carbocycles. The smallest absolute Gasteiger partial charge is 0.230 e. The number of nitriles is 1. The first kappa shape index (κ1) is 13.1. The summed E-state index contributed by atoms with van der Waals surface area (Å²) in [5.74, 6) is 0.00496. The molecule has 1 amide bonds. The van der Waals surface area contributed by atoms with Crippen LogP contribution >= 0.6 is 11.6 Å². The Bertz CT molecular complexity index is 657. The van der Waals surface area contributed by atoms with Crippen LogP contribution < -0.4 is 5.32 Å². The molecule has 5 nitrogen and oxygen atoms in total. The highest BCUT2D eigenvalue weighted by Crippen LogP contribution is 2.17. The van der Waals surface area contributed by atoms with E-state index in [-0.39, 0.29) is 18.1 Å². The summed E-state index contributed by atoms with van der Waals surface area (Å²) in [5.41, 5.74) is 1.06. The summed E-state index contributed by atoms with van der Waals surface area (Å²) in [5, 5.41) is 16.1. The SMILES string of the molecule is Cn1cc(C#N)c(NC(=O)Cc2ccccc2Cl)n1. The number of hydrogen-bond donors (Lipinski definition) is 1. The Hall–Kier alpha value is -2.32. The molecule has 0 aliphatic rings. The van der Waals surface area contributed by atoms with E-state index in [0.29, 0.717) is 10.6 Å². The lowest BCUT2D eigenvalue weighted by molar-refractivity contribution is -0.115. The number of carbonyl (C=O) groups is 1. The van der Waals surface area contributed by atoms with Crippen LogP contribution in [-0.4, -0.2) is 15.7 Å². The highest BCUT2D eigenvalue weighted by atomic mass is 35.5. The van der Waals surface area contributed by atoms with Crippen LogP contribution in [0, 0.1) is 11.3 Å². The Morgan fingerprint density at radius 3 is 2.95 bits per heavy atom. The van der Waals surface area contributed by atoms with Crippen LogP contribution in [0.2, 0.25) is 5.02 Å². The number of halogens is 1. The van der Waals surface area contributed by atoms with Gasteiger partial charge in [0.05, 0.1) is 6.42 Å². The Kier molecular flexibility index (Phi) is 3.83. The van der Waals surface area contributed by atoms with Crippen molar-refractivity contribution in [2.45, 2.75) is 6.42 Å². The average Bonchev–Trinajstić information content (AvgIpc) is 2.72. The molecule has 2 rings (SSSR count). The van der Waals surface area contributed by atoms with E-state index in [4.69, 9.17) is 16.9 Å². The van der Waals surface area contributed by atoms with Gasteiger partial charge in [-0.15, -0.1) is 0 Å². The molecular formula is C13H11ClN4O. The molecule has 0 aliphatic heterocycles. The molecular weight excluding hydrogens is 264 g/mol. The quantitative estimate of drug-likeness (QED) is 0.932. The Labute approximate surface area is 115 Å². The molecule has 1 aromatic heterocycles. The molecule has 0 spiro atoms. The van der Waals surface area contributed by atoms with Crippen molar-refractivity contribution in [1.82, 2.24) is 9.78 Å². The van der Waals surface area contributed by atoms with Crippen molar-refractivity contribution in [2.24, 2.45) is 7.05 Å². The van der Waals surface area contributed by atoms with E-state index in [2.05, 4.69) is 10.4 Å². The Balaban J connectivity index is 2.10. The molecule has 0 radical (unpaired) electrons. The van der Waals surface area contributed by atoms with Crippen LogP contribution in [0.3, 0.4) is 0 Å². The van der Waals surface area contributed by atoms with Crippen LogP contribution in [0.15, 0.2) is 30.5 Å². The van der Waals surface area contributed by atoms with Crippen LogP contribution in [0.1, 0.15) is 11.1 Å². The molecule has 0 aliphatic carbocycles. The number of hydrogen-bond acceptors (Lipinski definition) is 3. The Morgan fingerprint density at radius 1 is 1.53 bits per heavy atom. The third-order valence-corrected chi connectivity index (χ3v) is 2.88. The van der Waals surface area contributed by atoms with Gasteiger partial charge >= 0.3 is 0 Å². The normalized spacial score (nSPS) is 9.95. The molecule has 0 saturated heterocycles. The molecule has 1 aromatic carbocycles. The van der Waals surface area contributed by atoms with Gasteiger partial charge in [0, 0.05) is 18.3 Å². The first-order valence-electron chi connectivity index (χ1n) is 5.57. The lowest BCUT2D eigenvalue weighted by atomic mass is 10.1. The lowest BCUT2D eigenvalue weighted by Gasteiger charge is -2.04. The number of nitrogens with zero attached hydrogens (tertiary/aromatic N) is 3. The summed E-state index contributed by atoms with van der Waals surface area (Å²) < 4.78 is 1.48. The molecule has 0 unspecified atom stereocenters. The van der Waals surface area contributed by atoms with Crippen molar-refractivity contribution in [2.75, 3.05) is 5.32 Å². The van der Waals surface area contributed by atoms with E-state index in [1.165, 1.54) is 4.68 Å². The lowest BCUT2D eigenvalue weighted by Crippen LogP contribution is -2.15. The van der Waals surface area contributed by atoms with Crippen molar-refractivity contribution >= 4 is 23.3 Å². The van der Waals surface area contributed by atoms with Gasteiger partial charge in [-0.05, 0) is 11.6 Å². The number of benzene rings is 1. The third kappa shape index (κ3) is 3.12. The minimum absolute atomic E-state index is 0.140. The molecule has 0 fully saturated rings. The van der Waals surface area contributed by atoms with Gasteiger partial charge in [0.2, 0.25) is 5.91 Å². The summed E-state index contributed by atoms with van der Waals surface area (Å²) >= 11 is 5.98. The topological polar surface area (TPSA) is 70.7 Å². The number of aromatic nitrogens is 2. The maximum Gasteiger partial charge on any atom is 0.230 e. The first-order chi connectivity index (χ1) is 9.10. The highest BCUT2D eigenvalue weighted by molar-refractivity contribution is 6.31. The number of amides is 1. The number of carbonyl (C=O) groups excluding carboxylic acids is 1. The maximum atomic E-state index is 11.9. The first-order valence-corrected chi connectivity index (χ1v) is 5.95. The summed E-state index contributed by atoms with van der Waals surface area (Å²) in [6.45, 7) is 0. The molecule has 2 aromatic rings. The molecule has 6 heteroatoms. The predicted molar refractivity (Wildman–Crippen MR) is 71.7 cm³/mol. The molecule has 1 heterocycles. The van der Waals surface area contributed by atoms with Crippen molar-refractivity contribution in [3.8, 4) is 6.07 Å². The number of rotatable bonds is 3. The number of nitrogens with one attached hydrogen (secondary N) is 1. The molecule has 0 bridgehead atoms. The van der Waals surface area contributed by atoms with Gasteiger partial charge in [-0.3, -0.25) is 9.48 Å². The van der Waals surface area contributed by atoms with E-state index >= 15 is 0 Å². The van der Waals surface area contributed by atoms with E-state index in [9.17, 15) is 4.79 Å². The monoisotopic (exact) mass is 274 g/mol. The summed E-state index contributed by atoms with van der Waals surface area (Å²) in [7, 11) is 1.69. The minimum atomic E-state index is -0.261. The zero-order chi connectivity index (χ0) is 13.8. The van der Waals surface area contributed by atoms with Crippen LogP contribution in [0.4, 0.5) is 5.82 Å². The van der Waals surface area contributed by atoms with E-state index in [0.717, 1.165) is 5.56 Å². The summed E-state index contributed by atoms with van der Waals surface area (Å²) in [6, 6.07) is 9.10. The van der Waals surface area contributed by atoms with E-state index < -0.39 is 0 Å². The fraction of sp³-hybridized carbons (Fsp3) is 0.154. The zero-order valence-electron chi connectivity index (χ0n) is 10.2. The standard InChI is InChI=1S/C13H11ClN4O/c1-18-8-10(7-15)13(17-18)16-12(19)6-9-4-2-3-5-11(9)14/h2-5,8H,6H2,1H3,(H,16,17,19). The third-order valence-electron chi connectivity index (χ3n) is 2.52. The van der Waals surface area contributed by atoms with Crippen molar-refractivity contribution in [3.05, 3.63) is 46.6 Å². The van der Waals surface area contributed by atoms with E-state index in [1.807, 2.05) is 12.1 Å². The largest absolute Gasteiger partial charge is 0.308 e. The second-order valence-corrected chi connectivity index (χ2v) is 4.40. The fourth-order valence-corrected chi connectivity index (χ4v) is 1.86. The van der Waals surface area contributed by atoms with Gasteiger partial charge in [0.1, 0.15) is 11.6 Å². The van der Waals surface area contributed by atoms with Gasteiger partial charge in [0.15, 0.2) is 5.82 Å². The fourth-order valence-electron chi connectivity index (χ4n) is 1.65. The highest BCUT2D eigenvalue weighted by Gasteiger charge is 2.12. The molecule has 19 heavy (non-hydrogen) atoms. The average molecular weight is 275 g/mol. The van der Waals surface area contributed by atoms with Crippen molar-refractivity contribution in [1.29, 1.82) is 5.26 Å². The molecule has 96 valence electrons. The van der Waals surface area contributed by atoms with Crippen LogP contribution in [0.25, 0.3) is 0 Å². The Morgan fingerprint density at radius 2 is 2.26 bits per heavy atom. The van der Waals surface area contributed by atoms with Gasteiger partial charge in [-0.1, -0.05) is 29.8 Å². The van der Waals surface area contributed by atoms with Crippen molar-refractivity contribution in [3.63, 3.8) is 0 Å². The minimum Gasteiger partial charge on any atom is -0.308 e. The van der Waals surface area contributed by atoms with Crippen LogP contribution in [0.5, 0.6) is 0 Å².